The van der Waals surface area contributed by atoms with Gasteiger partial charge in [-0.1, -0.05) is 0 Å². The van der Waals surface area contributed by atoms with Gasteiger partial charge >= 0.3 is 5.97 Å². The zero-order valence-corrected chi connectivity index (χ0v) is 8.95. The third-order valence-electron chi connectivity index (χ3n) is 1.66. The largest absolute Gasteiger partial charge is 0.486 e. The van der Waals surface area contributed by atoms with Crippen molar-refractivity contribution in [2.24, 2.45) is 0 Å². The van der Waals surface area contributed by atoms with Crippen molar-refractivity contribution in [3.63, 3.8) is 0 Å². The first-order valence-corrected chi connectivity index (χ1v) is 4.78. The Balaban J connectivity index is 2.75. The molecule has 0 aromatic carbocycles. The first-order valence-electron chi connectivity index (χ1n) is 4.78. The van der Waals surface area contributed by atoms with Crippen LogP contribution in [0.25, 0.3) is 0 Å². The van der Waals surface area contributed by atoms with Crippen LogP contribution in [0.2, 0.25) is 0 Å². The fourth-order valence-corrected chi connectivity index (χ4v) is 1.01. The molecule has 0 aliphatic carbocycles. The normalized spacial score (nSPS) is 10.4. The van der Waals surface area contributed by atoms with Crippen molar-refractivity contribution in [3.8, 4) is 5.75 Å². The number of aromatic nitrogens is 1. The highest BCUT2D eigenvalue weighted by molar-refractivity contribution is 5.87. The molecule has 0 unspecified atom stereocenters. The standard InChI is InChI=1S/C10H10F3NO3/c1-2-16-10(15)9-7(11)3-6(4-14-9)17-5-8(12)13/h3-4,8H,2,5H2,1H3. The maximum absolute atomic E-state index is 13.3. The van der Waals surface area contributed by atoms with Crippen molar-refractivity contribution in [3.05, 3.63) is 23.8 Å². The summed E-state index contributed by atoms with van der Waals surface area (Å²) in [5.41, 5.74) is -0.503. The molecule has 0 spiro atoms. The molecule has 4 nitrogen and oxygen atoms in total. The van der Waals surface area contributed by atoms with E-state index in [-0.39, 0.29) is 12.4 Å². The number of alkyl halides is 2. The Bertz CT molecular complexity index is 398. The summed E-state index contributed by atoms with van der Waals surface area (Å²) >= 11 is 0. The van der Waals surface area contributed by atoms with E-state index in [1.807, 2.05) is 0 Å². The molecule has 1 rings (SSSR count). The Labute approximate surface area is 95.4 Å². The van der Waals surface area contributed by atoms with Crippen LogP contribution in [-0.4, -0.2) is 30.6 Å². The molecular formula is C10H10F3NO3. The number of ether oxygens (including phenoxy) is 2. The van der Waals surface area contributed by atoms with Crippen LogP contribution in [0.1, 0.15) is 17.4 Å². The lowest BCUT2D eigenvalue weighted by molar-refractivity contribution is 0.0512. The number of nitrogens with zero attached hydrogens (tertiary/aromatic N) is 1. The number of pyridine rings is 1. The van der Waals surface area contributed by atoms with Crippen LogP contribution in [0, 0.1) is 5.82 Å². The van der Waals surface area contributed by atoms with Crippen molar-refractivity contribution in [1.82, 2.24) is 4.98 Å². The van der Waals surface area contributed by atoms with Gasteiger partial charge in [0.25, 0.3) is 6.43 Å². The number of carbonyl (C=O) groups is 1. The van der Waals surface area contributed by atoms with E-state index in [0.29, 0.717) is 0 Å². The van der Waals surface area contributed by atoms with Gasteiger partial charge in [-0.3, -0.25) is 0 Å². The van der Waals surface area contributed by atoms with Crippen molar-refractivity contribution >= 4 is 5.97 Å². The fourth-order valence-electron chi connectivity index (χ4n) is 1.01. The number of halogens is 3. The zero-order valence-electron chi connectivity index (χ0n) is 8.95. The highest BCUT2D eigenvalue weighted by Crippen LogP contribution is 2.15. The van der Waals surface area contributed by atoms with E-state index < -0.39 is 30.5 Å². The minimum absolute atomic E-state index is 0.0869. The number of carbonyl (C=O) groups excluding carboxylic acids is 1. The second-order valence-corrected chi connectivity index (χ2v) is 2.92. The van der Waals surface area contributed by atoms with Crippen LogP contribution >= 0.6 is 0 Å². The van der Waals surface area contributed by atoms with Gasteiger partial charge in [0.1, 0.15) is 12.4 Å². The molecule has 17 heavy (non-hydrogen) atoms. The van der Waals surface area contributed by atoms with Gasteiger partial charge in [-0.05, 0) is 6.92 Å². The highest BCUT2D eigenvalue weighted by Gasteiger charge is 2.16. The highest BCUT2D eigenvalue weighted by atomic mass is 19.3. The molecule has 0 amide bonds. The molecule has 0 bridgehead atoms. The monoisotopic (exact) mass is 249 g/mol. The van der Waals surface area contributed by atoms with Gasteiger partial charge in [-0.25, -0.2) is 22.9 Å². The number of hydrogen-bond acceptors (Lipinski definition) is 4. The molecule has 0 fully saturated rings. The van der Waals surface area contributed by atoms with Crippen molar-refractivity contribution in [2.45, 2.75) is 13.3 Å². The summed E-state index contributed by atoms with van der Waals surface area (Å²) in [5.74, 6) is -2.06. The minimum Gasteiger partial charge on any atom is -0.486 e. The Kier molecular flexibility index (Phi) is 4.74. The smallest absolute Gasteiger partial charge is 0.359 e. The third kappa shape index (κ3) is 3.93. The topological polar surface area (TPSA) is 48.4 Å². The second kappa shape index (κ2) is 6.07. The molecule has 1 heterocycles. The molecule has 0 saturated heterocycles. The molecule has 0 N–H and O–H groups in total. The van der Waals surface area contributed by atoms with E-state index in [9.17, 15) is 18.0 Å². The van der Waals surface area contributed by atoms with Gasteiger partial charge < -0.3 is 9.47 Å². The average molecular weight is 249 g/mol. The lowest BCUT2D eigenvalue weighted by Gasteiger charge is -2.06. The van der Waals surface area contributed by atoms with Crippen LogP contribution in [-0.2, 0) is 4.74 Å². The first-order chi connectivity index (χ1) is 8.04. The zero-order chi connectivity index (χ0) is 12.8. The summed E-state index contributed by atoms with van der Waals surface area (Å²) in [4.78, 5) is 14.6. The van der Waals surface area contributed by atoms with E-state index in [4.69, 9.17) is 0 Å². The van der Waals surface area contributed by atoms with Crippen molar-refractivity contribution in [2.75, 3.05) is 13.2 Å². The van der Waals surface area contributed by atoms with Gasteiger partial charge in [-0.15, -0.1) is 0 Å². The van der Waals surface area contributed by atoms with Crippen LogP contribution in [0.4, 0.5) is 13.2 Å². The number of hydrogen-bond donors (Lipinski definition) is 0. The van der Waals surface area contributed by atoms with Gasteiger partial charge in [0.2, 0.25) is 0 Å². The Hall–Kier alpha value is -1.79. The first kappa shape index (κ1) is 13.3. The van der Waals surface area contributed by atoms with Gasteiger partial charge in [0.05, 0.1) is 12.8 Å². The summed E-state index contributed by atoms with van der Waals surface area (Å²) in [6, 6.07) is 0.807. The molecule has 0 saturated carbocycles. The second-order valence-electron chi connectivity index (χ2n) is 2.92. The Morgan fingerprint density at radius 1 is 1.53 bits per heavy atom. The molecule has 0 atom stereocenters. The summed E-state index contributed by atoms with van der Waals surface area (Å²) in [7, 11) is 0. The van der Waals surface area contributed by atoms with Gasteiger partial charge in [0, 0.05) is 6.07 Å². The van der Waals surface area contributed by atoms with E-state index in [1.54, 1.807) is 6.92 Å². The van der Waals surface area contributed by atoms with Gasteiger partial charge in [-0.2, -0.15) is 0 Å². The SMILES string of the molecule is CCOC(=O)c1ncc(OCC(F)F)cc1F. The van der Waals surface area contributed by atoms with E-state index in [0.717, 1.165) is 12.3 Å². The van der Waals surface area contributed by atoms with E-state index in [1.165, 1.54) is 0 Å². The Morgan fingerprint density at radius 2 is 2.24 bits per heavy atom. The maximum Gasteiger partial charge on any atom is 0.359 e. The summed E-state index contributed by atoms with van der Waals surface area (Å²) < 4.78 is 46.0. The molecule has 0 aliphatic rings. The summed E-state index contributed by atoms with van der Waals surface area (Å²) in [6.45, 7) is 0.791. The number of esters is 1. The quantitative estimate of drug-likeness (QED) is 0.749. The predicted octanol–water partition coefficient (Wildman–Crippen LogP) is 2.04. The molecule has 1 aromatic rings. The lowest BCUT2D eigenvalue weighted by atomic mass is 10.3. The lowest BCUT2D eigenvalue weighted by Crippen LogP contribution is -2.11. The third-order valence-corrected chi connectivity index (χ3v) is 1.66. The van der Waals surface area contributed by atoms with Crippen molar-refractivity contribution in [1.29, 1.82) is 0 Å². The van der Waals surface area contributed by atoms with E-state index in [2.05, 4.69) is 14.5 Å². The average Bonchev–Trinajstić information content (AvgIpc) is 2.26. The Morgan fingerprint density at radius 3 is 2.76 bits per heavy atom. The predicted molar refractivity (Wildman–Crippen MR) is 51.7 cm³/mol. The van der Waals surface area contributed by atoms with Gasteiger partial charge in [0.15, 0.2) is 11.5 Å². The molecule has 94 valence electrons. The van der Waals surface area contributed by atoms with Crippen LogP contribution < -0.4 is 4.74 Å². The number of rotatable bonds is 5. The van der Waals surface area contributed by atoms with Crippen LogP contribution in [0.15, 0.2) is 12.3 Å². The minimum atomic E-state index is -2.66. The van der Waals surface area contributed by atoms with Crippen molar-refractivity contribution < 1.29 is 27.4 Å². The molecule has 0 aliphatic heterocycles. The van der Waals surface area contributed by atoms with Crippen LogP contribution in [0.5, 0.6) is 5.75 Å². The summed E-state index contributed by atoms with van der Waals surface area (Å²) in [5, 5.41) is 0. The van der Waals surface area contributed by atoms with Crippen LogP contribution in [0.3, 0.4) is 0 Å². The molecule has 0 radical (unpaired) electrons. The van der Waals surface area contributed by atoms with E-state index >= 15 is 0 Å². The summed E-state index contributed by atoms with van der Waals surface area (Å²) in [6.07, 6.45) is -1.68. The fraction of sp³-hybridized carbons (Fsp3) is 0.400. The molecular weight excluding hydrogens is 239 g/mol. The molecule has 7 heteroatoms. The maximum atomic E-state index is 13.3. The molecule has 1 aromatic heterocycles.